The van der Waals surface area contributed by atoms with Gasteiger partial charge in [0.25, 0.3) is 0 Å². The highest BCUT2D eigenvalue weighted by Gasteiger charge is 2.08. The maximum atomic E-state index is 9.32. The summed E-state index contributed by atoms with van der Waals surface area (Å²) in [6, 6.07) is 16.7. The first-order valence-corrected chi connectivity index (χ1v) is 6.85. The number of aromatic hydroxyl groups is 1. The average Bonchev–Trinajstić information content (AvgIpc) is 2.90. The summed E-state index contributed by atoms with van der Waals surface area (Å²) in [5, 5.41) is 19.3. The van der Waals surface area contributed by atoms with Crippen LogP contribution in [0.25, 0.3) is 21.9 Å². The topological polar surface area (TPSA) is 56.9 Å². The molecule has 0 aliphatic carbocycles. The predicted molar refractivity (Wildman–Crippen MR) is 81.2 cm³/mol. The standard InChI is InChI=1S/C16H10N2OS/c17-10-12(9-11-5-7-13(19)8-6-11)16-18-14-3-1-2-4-15(14)20-16/h1-9,19H/b12-9+. The predicted octanol–water partition coefficient (Wildman–Crippen LogP) is 4.07. The zero-order chi connectivity index (χ0) is 13.9. The largest absolute Gasteiger partial charge is 0.508 e. The number of thiazole rings is 1. The summed E-state index contributed by atoms with van der Waals surface area (Å²) in [4.78, 5) is 4.48. The molecule has 2 aromatic carbocycles. The Kier molecular flexibility index (Phi) is 3.20. The van der Waals surface area contributed by atoms with Gasteiger partial charge in [-0.1, -0.05) is 24.3 Å². The molecule has 1 heterocycles. The molecule has 3 rings (SSSR count). The van der Waals surface area contributed by atoms with Crippen molar-refractivity contribution >= 4 is 33.2 Å². The van der Waals surface area contributed by atoms with Crippen LogP contribution < -0.4 is 0 Å². The maximum absolute atomic E-state index is 9.32. The van der Waals surface area contributed by atoms with Gasteiger partial charge in [-0.25, -0.2) is 4.98 Å². The van der Waals surface area contributed by atoms with E-state index in [2.05, 4.69) is 11.1 Å². The van der Waals surface area contributed by atoms with Crippen molar-refractivity contribution in [1.29, 1.82) is 5.26 Å². The van der Waals surface area contributed by atoms with Gasteiger partial charge in [0.1, 0.15) is 16.8 Å². The fraction of sp³-hybridized carbons (Fsp3) is 0. The van der Waals surface area contributed by atoms with E-state index in [-0.39, 0.29) is 5.75 Å². The van der Waals surface area contributed by atoms with Gasteiger partial charge in [0.05, 0.1) is 15.8 Å². The number of nitrogens with zero attached hydrogens (tertiary/aromatic N) is 2. The van der Waals surface area contributed by atoms with E-state index in [9.17, 15) is 10.4 Å². The first-order valence-electron chi connectivity index (χ1n) is 6.03. The van der Waals surface area contributed by atoms with Crippen LogP contribution in [0, 0.1) is 11.3 Å². The zero-order valence-corrected chi connectivity index (χ0v) is 11.3. The number of phenols is 1. The Morgan fingerprint density at radius 3 is 2.60 bits per heavy atom. The van der Waals surface area contributed by atoms with Crippen LogP contribution in [0.5, 0.6) is 5.75 Å². The molecule has 0 fully saturated rings. The molecule has 1 aromatic heterocycles. The van der Waals surface area contributed by atoms with Gasteiger partial charge < -0.3 is 5.11 Å². The lowest BCUT2D eigenvalue weighted by atomic mass is 10.1. The fourth-order valence-electron chi connectivity index (χ4n) is 1.87. The van der Waals surface area contributed by atoms with Crippen LogP contribution >= 0.6 is 11.3 Å². The Bertz CT molecular complexity index is 793. The minimum absolute atomic E-state index is 0.209. The highest BCUT2D eigenvalue weighted by Crippen LogP contribution is 2.28. The zero-order valence-electron chi connectivity index (χ0n) is 10.4. The Hall–Kier alpha value is -2.64. The van der Waals surface area contributed by atoms with Crippen LogP contribution in [0.1, 0.15) is 10.6 Å². The number of para-hydroxylation sites is 1. The second kappa shape index (κ2) is 5.16. The van der Waals surface area contributed by atoms with E-state index in [1.165, 1.54) is 11.3 Å². The number of rotatable bonds is 2. The molecule has 0 unspecified atom stereocenters. The first kappa shape index (κ1) is 12.4. The second-order valence-electron chi connectivity index (χ2n) is 4.25. The van der Waals surface area contributed by atoms with Gasteiger partial charge in [0, 0.05) is 0 Å². The molecule has 0 bridgehead atoms. The monoisotopic (exact) mass is 278 g/mol. The van der Waals surface area contributed by atoms with Gasteiger partial charge in [-0.3, -0.25) is 0 Å². The molecule has 4 heteroatoms. The SMILES string of the molecule is N#C/C(=C\c1ccc(O)cc1)c1nc2ccccc2s1. The lowest BCUT2D eigenvalue weighted by molar-refractivity contribution is 0.475. The number of phenolic OH excluding ortho intramolecular Hbond substituents is 1. The second-order valence-corrected chi connectivity index (χ2v) is 5.28. The van der Waals surface area contributed by atoms with E-state index in [1.807, 2.05) is 24.3 Å². The van der Waals surface area contributed by atoms with Gasteiger partial charge in [-0.15, -0.1) is 11.3 Å². The van der Waals surface area contributed by atoms with Crippen molar-refractivity contribution < 1.29 is 5.11 Å². The number of hydrogen-bond acceptors (Lipinski definition) is 4. The van der Waals surface area contributed by atoms with Gasteiger partial charge in [-0.05, 0) is 35.9 Å². The smallest absolute Gasteiger partial charge is 0.135 e. The summed E-state index contributed by atoms with van der Waals surface area (Å²) in [5.41, 5.74) is 2.29. The summed E-state index contributed by atoms with van der Waals surface area (Å²) >= 11 is 1.50. The third-order valence-corrected chi connectivity index (χ3v) is 3.92. The third kappa shape index (κ3) is 2.40. The van der Waals surface area contributed by atoms with E-state index in [1.54, 1.807) is 30.3 Å². The molecule has 0 atom stereocenters. The Morgan fingerprint density at radius 1 is 1.15 bits per heavy atom. The molecule has 96 valence electrons. The van der Waals surface area contributed by atoms with Crippen molar-refractivity contribution in [3.05, 3.63) is 59.1 Å². The molecule has 0 radical (unpaired) electrons. The fourth-order valence-corrected chi connectivity index (χ4v) is 2.80. The van der Waals surface area contributed by atoms with Gasteiger partial charge in [-0.2, -0.15) is 5.26 Å². The minimum Gasteiger partial charge on any atom is -0.508 e. The molecule has 1 N–H and O–H groups in total. The molecule has 0 aliphatic heterocycles. The van der Waals surface area contributed by atoms with E-state index in [4.69, 9.17) is 0 Å². The molecule has 3 aromatic rings. The van der Waals surface area contributed by atoms with Crippen LogP contribution in [-0.4, -0.2) is 10.1 Å². The van der Waals surface area contributed by atoms with Crippen molar-refractivity contribution in [2.75, 3.05) is 0 Å². The number of aromatic nitrogens is 1. The summed E-state index contributed by atoms with van der Waals surface area (Å²) in [6.07, 6.45) is 1.77. The maximum Gasteiger partial charge on any atom is 0.135 e. The van der Waals surface area contributed by atoms with Crippen LogP contribution in [0.15, 0.2) is 48.5 Å². The first-order chi connectivity index (χ1) is 9.76. The number of nitriles is 1. The Balaban J connectivity index is 2.05. The van der Waals surface area contributed by atoms with Crippen molar-refractivity contribution in [3.63, 3.8) is 0 Å². The number of allylic oxidation sites excluding steroid dienone is 1. The molecule has 0 spiro atoms. The number of fused-ring (bicyclic) bond motifs is 1. The summed E-state index contributed by atoms with van der Waals surface area (Å²) < 4.78 is 1.06. The van der Waals surface area contributed by atoms with Crippen molar-refractivity contribution in [3.8, 4) is 11.8 Å². The van der Waals surface area contributed by atoms with Crippen molar-refractivity contribution in [2.45, 2.75) is 0 Å². The average molecular weight is 278 g/mol. The lowest BCUT2D eigenvalue weighted by Crippen LogP contribution is -1.80. The van der Waals surface area contributed by atoms with Crippen LogP contribution in [-0.2, 0) is 0 Å². The molecular formula is C16H10N2OS. The molecule has 0 saturated carbocycles. The van der Waals surface area contributed by atoms with E-state index in [0.717, 1.165) is 15.8 Å². The highest BCUT2D eigenvalue weighted by molar-refractivity contribution is 7.19. The van der Waals surface area contributed by atoms with Crippen LogP contribution in [0.2, 0.25) is 0 Å². The molecule has 0 amide bonds. The Labute approximate surface area is 120 Å². The third-order valence-electron chi connectivity index (χ3n) is 2.85. The molecule has 20 heavy (non-hydrogen) atoms. The van der Waals surface area contributed by atoms with Crippen LogP contribution in [0.4, 0.5) is 0 Å². The molecule has 0 saturated heterocycles. The van der Waals surface area contributed by atoms with Crippen molar-refractivity contribution in [2.24, 2.45) is 0 Å². The molecule has 3 nitrogen and oxygen atoms in total. The van der Waals surface area contributed by atoms with Gasteiger partial charge in [0.15, 0.2) is 0 Å². The van der Waals surface area contributed by atoms with E-state index < -0.39 is 0 Å². The van der Waals surface area contributed by atoms with E-state index >= 15 is 0 Å². The number of hydrogen-bond donors (Lipinski definition) is 1. The van der Waals surface area contributed by atoms with Crippen LogP contribution in [0.3, 0.4) is 0 Å². The minimum atomic E-state index is 0.209. The molecular weight excluding hydrogens is 268 g/mol. The Morgan fingerprint density at radius 2 is 1.90 bits per heavy atom. The summed E-state index contributed by atoms with van der Waals surface area (Å²) in [6.45, 7) is 0. The van der Waals surface area contributed by atoms with E-state index in [0.29, 0.717) is 10.6 Å². The van der Waals surface area contributed by atoms with Gasteiger partial charge >= 0.3 is 0 Å². The van der Waals surface area contributed by atoms with Gasteiger partial charge in [0.2, 0.25) is 0 Å². The molecule has 0 aliphatic rings. The normalized spacial score (nSPS) is 11.4. The van der Waals surface area contributed by atoms with Crippen molar-refractivity contribution in [1.82, 2.24) is 4.98 Å². The summed E-state index contributed by atoms with van der Waals surface area (Å²) in [7, 11) is 0. The lowest BCUT2D eigenvalue weighted by Gasteiger charge is -1.96. The summed E-state index contributed by atoms with van der Waals surface area (Å²) in [5.74, 6) is 0.209. The highest BCUT2D eigenvalue weighted by atomic mass is 32.1. The quantitative estimate of drug-likeness (QED) is 0.719. The number of benzene rings is 2.